The molecule has 0 fully saturated rings. The highest BCUT2D eigenvalue weighted by Gasteiger charge is 2.23. The lowest BCUT2D eigenvalue weighted by atomic mass is 9.78. The first-order valence-electron chi connectivity index (χ1n) is 10.2. The van der Waals surface area contributed by atoms with Gasteiger partial charge in [-0.2, -0.15) is 0 Å². The van der Waals surface area contributed by atoms with E-state index in [2.05, 4.69) is 13.8 Å². The second kappa shape index (κ2) is 11.0. The summed E-state index contributed by atoms with van der Waals surface area (Å²) in [7, 11) is 0. The topological polar surface area (TPSA) is 85.2 Å². The number of hydrogen-bond acceptors (Lipinski definition) is 6. The molecule has 2 aromatic carbocycles. The Morgan fingerprint density at radius 1 is 0.933 bits per heavy atom. The molecule has 2 N–H and O–H groups in total. The van der Waals surface area contributed by atoms with Crippen LogP contribution in [0, 0.1) is 0 Å². The van der Waals surface area contributed by atoms with Crippen LogP contribution in [0.25, 0.3) is 0 Å². The quantitative estimate of drug-likeness (QED) is 0.546. The summed E-state index contributed by atoms with van der Waals surface area (Å²) in [5, 5.41) is 18.9. The van der Waals surface area contributed by atoms with Crippen molar-refractivity contribution in [2.45, 2.75) is 51.7 Å². The number of carbonyl (C=O) groups excluding carboxylic acids is 1. The zero-order valence-corrected chi connectivity index (χ0v) is 18.1. The summed E-state index contributed by atoms with van der Waals surface area (Å²) in [5.74, 6) is 0.920. The molecule has 0 saturated heterocycles. The van der Waals surface area contributed by atoms with Gasteiger partial charge in [0.15, 0.2) is 6.10 Å². The normalized spacial score (nSPS) is 13.4. The number of benzene rings is 2. The van der Waals surface area contributed by atoms with Gasteiger partial charge in [-0.25, -0.2) is 0 Å². The van der Waals surface area contributed by atoms with E-state index in [-0.39, 0.29) is 25.2 Å². The van der Waals surface area contributed by atoms with Gasteiger partial charge in [-0.05, 0) is 41.8 Å². The van der Waals surface area contributed by atoms with Crippen molar-refractivity contribution in [3.63, 3.8) is 0 Å². The average Bonchev–Trinajstić information content (AvgIpc) is 2.75. The lowest BCUT2D eigenvalue weighted by molar-refractivity contribution is -0.150. The molecule has 0 unspecified atom stereocenters. The van der Waals surface area contributed by atoms with Gasteiger partial charge in [-0.3, -0.25) is 4.79 Å². The Hall–Kier alpha value is -2.57. The van der Waals surface area contributed by atoms with E-state index in [9.17, 15) is 15.0 Å². The van der Waals surface area contributed by atoms with Crippen molar-refractivity contribution < 1.29 is 29.2 Å². The predicted octanol–water partition coefficient (Wildman–Crippen LogP) is 3.47. The second-order valence-corrected chi connectivity index (χ2v) is 7.77. The Kier molecular flexibility index (Phi) is 8.69. The molecule has 0 radical (unpaired) electrons. The number of rotatable bonds is 11. The monoisotopic (exact) mass is 416 g/mol. The standard InChI is InChI=1S/C24H32O6/c1-5-20(27)15-28-21-10-6-18(7-11-21)24(3,4)19-8-12-22(13-9-19)29-16-23(14-25)30-17(2)26/h6-13,20,23,25,27H,5,14-16H2,1-4H3/t20-,23-/m1/s1. The molecule has 0 spiro atoms. The van der Waals surface area contributed by atoms with Crippen LogP contribution in [0.2, 0.25) is 0 Å². The molecule has 0 aliphatic carbocycles. The summed E-state index contributed by atoms with van der Waals surface area (Å²) in [4.78, 5) is 11.0. The molecule has 0 aliphatic rings. The lowest BCUT2D eigenvalue weighted by Crippen LogP contribution is -2.27. The first kappa shape index (κ1) is 23.7. The van der Waals surface area contributed by atoms with Crippen molar-refractivity contribution in [3.8, 4) is 11.5 Å². The van der Waals surface area contributed by atoms with E-state index in [1.807, 2.05) is 55.5 Å². The third kappa shape index (κ3) is 6.75. The number of aliphatic hydroxyl groups excluding tert-OH is 2. The highest BCUT2D eigenvalue weighted by Crippen LogP contribution is 2.33. The summed E-state index contributed by atoms with van der Waals surface area (Å²) in [5.41, 5.74) is 2.02. The number of hydrogen-bond donors (Lipinski definition) is 2. The zero-order chi connectivity index (χ0) is 22.1. The van der Waals surface area contributed by atoms with Crippen molar-refractivity contribution >= 4 is 5.97 Å². The van der Waals surface area contributed by atoms with Crippen LogP contribution in [0.15, 0.2) is 48.5 Å². The largest absolute Gasteiger partial charge is 0.491 e. The first-order valence-corrected chi connectivity index (χ1v) is 10.2. The fourth-order valence-electron chi connectivity index (χ4n) is 2.96. The molecule has 0 aliphatic heterocycles. The molecular formula is C24H32O6. The highest BCUT2D eigenvalue weighted by atomic mass is 16.6. The van der Waals surface area contributed by atoms with Crippen LogP contribution >= 0.6 is 0 Å². The molecule has 0 amide bonds. The van der Waals surface area contributed by atoms with Crippen molar-refractivity contribution in [1.82, 2.24) is 0 Å². The number of esters is 1. The van der Waals surface area contributed by atoms with E-state index in [4.69, 9.17) is 14.2 Å². The third-order valence-electron chi connectivity index (χ3n) is 5.04. The van der Waals surface area contributed by atoms with Crippen molar-refractivity contribution in [2.75, 3.05) is 19.8 Å². The number of ether oxygens (including phenoxy) is 3. The summed E-state index contributed by atoms with van der Waals surface area (Å²) < 4.78 is 16.2. The number of aliphatic hydroxyl groups is 2. The van der Waals surface area contributed by atoms with Crippen molar-refractivity contribution in [2.24, 2.45) is 0 Å². The van der Waals surface area contributed by atoms with Crippen molar-refractivity contribution in [3.05, 3.63) is 59.7 Å². The van der Waals surface area contributed by atoms with Gasteiger partial charge >= 0.3 is 5.97 Å². The molecule has 6 nitrogen and oxygen atoms in total. The maximum atomic E-state index is 11.0. The van der Waals surface area contributed by atoms with Gasteiger partial charge in [-0.15, -0.1) is 0 Å². The Morgan fingerprint density at radius 2 is 1.40 bits per heavy atom. The smallest absolute Gasteiger partial charge is 0.303 e. The van der Waals surface area contributed by atoms with Crippen LogP contribution in [0.3, 0.4) is 0 Å². The fraction of sp³-hybridized carbons (Fsp3) is 0.458. The Balaban J connectivity index is 2.01. The van der Waals surface area contributed by atoms with Crippen LogP contribution in [0.1, 0.15) is 45.2 Å². The minimum Gasteiger partial charge on any atom is -0.491 e. The summed E-state index contributed by atoms with van der Waals surface area (Å²) >= 11 is 0. The minimum atomic E-state index is -0.683. The van der Waals surface area contributed by atoms with Gasteiger partial charge < -0.3 is 24.4 Å². The van der Waals surface area contributed by atoms with Crippen LogP contribution in [0.4, 0.5) is 0 Å². The van der Waals surface area contributed by atoms with E-state index < -0.39 is 18.2 Å². The average molecular weight is 417 g/mol. The molecule has 0 aromatic heterocycles. The Bertz CT molecular complexity index is 782. The molecule has 2 aromatic rings. The van der Waals surface area contributed by atoms with Gasteiger partial charge in [-0.1, -0.05) is 45.0 Å². The van der Waals surface area contributed by atoms with Gasteiger partial charge in [0.05, 0.1) is 12.7 Å². The molecule has 2 rings (SSSR count). The second-order valence-electron chi connectivity index (χ2n) is 7.77. The van der Waals surface area contributed by atoms with Crippen LogP contribution in [-0.4, -0.2) is 48.2 Å². The zero-order valence-electron chi connectivity index (χ0n) is 18.1. The molecule has 6 heteroatoms. The summed E-state index contributed by atoms with van der Waals surface area (Å²) in [6.45, 7) is 7.59. The maximum Gasteiger partial charge on any atom is 0.303 e. The molecule has 0 heterocycles. The molecule has 0 bridgehead atoms. The molecule has 0 saturated carbocycles. The SMILES string of the molecule is CC[C@@H](O)COc1ccc(C(C)(C)c2ccc(OC[C@@H](CO)OC(C)=O)cc2)cc1. The van der Waals surface area contributed by atoms with E-state index in [0.717, 1.165) is 16.9 Å². The molecular weight excluding hydrogens is 384 g/mol. The predicted molar refractivity (Wildman–Crippen MR) is 115 cm³/mol. The number of carbonyl (C=O) groups is 1. The third-order valence-corrected chi connectivity index (χ3v) is 5.04. The maximum absolute atomic E-state index is 11.0. The van der Waals surface area contributed by atoms with Crippen LogP contribution < -0.4 is 9.47 Å². The van der Waals surface area contributed by atoms with Gasteiger partial charge in [0.25, 0.3) is 0 Å². The van der Waals surface area contributed by atoms with E-state index in [1.54, 1.807) is 0 Å². The molecule has 164 valence electrons. The lowest BCUT2D eigenvalue weighted by Gasteiger charge is -2.26. The summed E-state index contributed by atoms with van der Waals surface area (Å²) in [6, 6.07) is 15.6. The van der Waals surface area contributed by atoms with Gasteiger partial charge in [0, 0.05) is 12.3 Å². The van der Waals surface area contributed by atoms with Crippen LogP contribution in [-0.2, 0) is 14.9 Å². The van der Waals surface area contributed by atoms with Gasteiger partial charge in [0.1, 0.15) is 24.7 Å². The summed E-state index contributed by atoms with van der Waals surface area (Å²) in [6.07, 6.45) is -0.476. The van der Waals surface area contributed by atoms with Crippen molar-refractivity contribution in [1.29, 1.82) is 0 Å². The van der Waals surface area contributed by atoms with E-state index in [0.29, 0.717) is 12.2 Å². The Labute approximate surface area is 178 Å². The van der Waals surface area contributed by atoms with Crippen LogP contribution in [0.5, 0.6) is 11.5 Å². The highest BCUT2D eigenvalue weighted by molar-refractivity contribution is 5.66. The molecule has 30 heavy (non-hydrogen) atoms. The Morgan fingerprint density at radius 3 is 1.80 bits per heavy atom. The van der Waals surface area contributed by atoms with E-state index >= 15 is 0 Å². The van der Waals surface area contributed by atoms with Gasteiger partial charge in [0.2, 0.25) is 0 Å². The molecule has 2 atom stereocenters. The first-order chi connectivity index (χ1) is 14.3. The fourth-order valence-corrected chi connectivity index (χ4v) is 2.96. The minimum absolute atomic E-state index is 0.0903. The van der Waals surface area contributed by atoms with E-state index in [1.165, 1.54) is 6.92 Å².